The first-order chi connectivity index (χ1) is 12.8. The maximum absolute atomic E-state index is 10.5. The normalized spacial score (nSPS) is 20.4. The summed E-state index contributed by atoms with van der Waals surface area (Å²) >= 11 is 5.30. The van der Waals surface area contributed by atoms with E-state index in [0.29, 0.717) is 0 Å². The van der Waals surface area contributed by atoms with Crippen molar-refractivity contribution in [1.29, 1.82) is 0 Å². The van der Waals surface area contributed by atoms with E-state index in [2.05, 4.69) is 0 Å². The van der Waals surface area contributed by atoms with Gasteiger partial charge in [-0.15, -0.1) is 0 Å². The molecule has 0 rings (SSSR count). The molecule has 28 heavy (non-hydrogen) atoms. The number of aliphatic hydroxyl groups is 8. The Morgan fingerprint density at radius 2 is 0.714 bits per heavy atom. The summed E-state index contributed by atoms with van der Waals surface area (Å²) < 4.78 is 0. The van der Waals surface area contributed by atoms with Crippen LogP contribution in [-0.2, 0) is 0 Å². The standard InChI is InChI=1S/C17H36N2O8S/c1-9(20)5-13(24)18(14(25)6-10(2)21)17(28)19(15(26)7-11(3)22)16(27)8-12(4)23/h9-16,20-27H,5-8H2,1-4H3/t9-,10-,11-,12+,13+,14+,15-,16-/m0/s1. The average Bonchev–Trinajstić information content (AvgIpc) is 2.43. The smallest absolute Gasteiger partial charge is 0.179 e. The van der Waals surface area contributed by atoms with Crippen molar-refractivity contribution in [2.45, 2.75) is 103 Å². The highest BCUT2D eigenvalue weighted by atomic mass is 32.1. The summed E-state index contributed by atoms with van der Waals surface area (Å²) in [5.74, 6) is 0. The number of hydrogen-bond donors (Lipinski definition) is 8. The molecule has 10 nitrogen and oxygen atoms in total. The van der Waals surface area contributed by atoms with Gasteiger partial charge in [0, 0.05) is 25.7 Å². The molecule has 0 aromatic carbocycles. The molecule has 11 heteroatoms. The van der Waals surface area contributed by atoms with Crippen molar-refractivity contribution in [2.75, 3.05) is 0 Å². The largest absolute Gasteiger partial charge is 0.393 e. The van der Waals surface area contributed by atoms with Crippen LogP contribution in [0, 0.1) is 0 Å². The molecule has 0 heterocycles. The topological polar surface area (TPSA) is 168 Å². The summed E-state index contributed by atoms with van der Waals surface area (Å²) in [7, 11) is 0. The monoisotopic (exact) mass is 428 g/mol. The van der Waals surface area contributed by atoms with Crippen LogP contribution >= 0.6 is 12.2 Å². The maximum atomic E-state index is 10.5. The fourth-order valence-corrected chi connectivity index (χ4v) is 3.20. The van der Waals surface area contributed by atoms with Crippen LogP contribution in [0.5, 0.6) is 0 Å². The van der Waals surface area contributed by atoms with Crippen LogP contribution in [0.25, 0.3) is 0 Å². The van der Waals surface area contributed by atoms with E-state index in [4.69, 9.17) is 12.2 Å². The van der Waals surface area contributed by atoms with Crippen molar-refractivity contribution >= 4 is 17.3 Å². The fraction of sp³-hybridized carbons (Fsp3) is 0.941. The first-order valence-electron chi connectivity index (χ1n) is 9.33. The lowest BCUT2D eigenvalue weighted by Crippen LogP contribution is -2.59. The van der Waals surface area contributed by atoms with Gasteiger partial charge >= 0.3 is 0 Å². The third kappa shape index (κ3) is 9.72. The molecule has 0 radical (unpaired) electrons. The molecule has 0 fully saturated rings. The van der Waals surface area contributed by atoms with Gasteiger partial charge in [0.1, 0.15) is 24.9 Å². The molecule has 8 atom stereocenters. The Kier molecular flexibility index (Phi) is 12.5. The van der Waals surface area contributed by atoms with Crippen LogP contribution < -0.4 is 0 Å². The molecule has 0 amide bonds. The number of aliphatic hydroxyl groups excluding tert-OH is 8. The molecule has 0 bridgehead atoms. The SMILES string of the molecule is C[C@H](O)C[C@@H](O)N(C(=S)N([C@@H](O)C[C@H](C)O)[C@@H](O)C[C@@H](C)O)[C@H](O)C[C@H](C)O. The van der Waals surface area contributed by atoms with Crippen LogP contribution in [0.4, 0.5) is 0 Å². The van der Waals surface area contributed by atoms with Crippen molar-refractivity contribution < 1.29 is 40.9 Å². The zero-order valence-corrected chi connectivity index (χ0v) is 17.6. The van der Waals surface area contributed by atoms with E-state index >= 15 is 0 Å². The molecule has 0 spiro atoms. The highest BCUT2D eigenvalue weighted by Crippen LogP contribution is 2.21. The van der Waals surface area contributed by atoms with Gasteiger partial charge in [-0.25, -0.2) is 0 Å². The Hall–Kier alpha value is -0.630. The average molecular weight is 429 g/mol. The Labute approximate surface area is 171 Å². The van der Waals surface area contributed by atoms with Crippen molar-refractivity contribution in [3.63, 3.8) is 0 Å². The first kappa shape index (κ1) is 27.4. The molecule has 0 aliphatic rings. The van der Waals surface area contributed by atoms with Gasteiger partial charge in [0.2, 0.25) is 0 Å². The van der Waals surface area contributed by atoms with E-state index < -0.39 is 49.3 Å². The van der Waals surface area contributed by atoms with Crippen LogP contribution in [-0.4, -0.2) is 105 Å². The number of nitrogens with zero attached hydrogens (tertiary/aromatic N) is 2. The second kappa shape index (κ2) is 12.8. The Balaban J connectivity index is 5.86. The minimum atomic E-state index is -1.48. The lowest BCUT2D eigenvalue weighted by atomic mass is 10.1. The van der Waals surface area contributed by atoms with Crippen molar-refractivity contribution in [2.24, 2.45) is 0 Å². The van der Waals surface area contributed by atoms with Gasteiger partial charge in [0.25, 0.3) is 0 Å². The van der Waals surface area contributed by atoms with Gasteiger partial charge in [-0.1, -0.05) is 0 Å². The Bertz CT molecular complexity index is 383. The lowest BCUT2D eigenvalue weighted by molar-refractivity contribution is -0.120. The minimum absolute atomic E-state index is 0.205. The quantitative estimate of drug-likeness (QED) is 0.131. The molecular formula is C17H36N2O8S. The Morgan fingerprint density at radius 1 is 0.536 bits per heavy atom. The maximum Gasteiger partial charge on any atom is 0.179 e. The van der Waals surface area contributed by atoms with E-state index in [9.17, 15) is 40.9 Å². The molecule has 0 aromatic heterocycles. The third-order valence-corrected chi connectivity index (χ3v) is 4.36. The van der Waals surface area contributed by atoms with Crippen LogP contribution in [0.1, 0.15) is 53.4 Å². The zero-order chi connectivity index (χ0) is 22.2. The highest BCUT2D eigenvalue weighted by molar-refractivity contribution is 7.80. The van der Waals surface area contributed by atoms with Crippen LogP contribution in [0.3, 0.4) is 0 Å². The van der Waals surface area contributed by atoms with Gasteiger partial charge in [0.05, 0.1) is 24.4 Å². The van der Waals surface area contributed by atoms with Gasteiger partial charge in [-0.05, 0) is 39.9 Å². The summed E-state index contributed by atoms with van der Waals surface area (Å²) in [6.45, 7) is 5.70. The Morgan fingerprint density at radius 3 is 0.857 bits per heavy atom. The predicted octanol–water partition coefficient (Wildman–Crippen LogP) is -1.77. The summed E-state index contributed by atoms with van der Waals surface area (Å²) in [4.78, 5) is 1.79. The molecule has 0 unspecified atom stereocenters. The van der Waals surface area contributed by atoms with Crippen molar-refractivity contribution in [3.8, 4) is 0 Å². The molecular weight excluding hydrogens is 392 g/mol. The minimum Gasteiger partial charge on any atom is -0.393 e. The molecule has 0 saturated heterocycles. The molecule has 0 saturated carbocycles. The molecule has 0 aliphatic heterocycles. The zero-order valence-electron chi connectivity index (χ0n) is 16.8. The van der Waals surface area contributed by atoms with Gasteiger partial charge in [-0.2, -0.15) is 0 Å². The molecule has 8 N–H and O–H groups in total. The van der Waals surface area contributed by atoms with Crippen molar-refractivity contribution in [1.82, 2.24) is 9.80 Å². The highest BCUT2D eigenvalue weighted by Gasteiger charge is 2.36. The molecule has 0 aliphatic carbocycles. The number of rotatable bonds is 12. The van der Waals surface area contributed by atoms with Gasteiger partial charge in [-0.3, -0.25) is 9.80 Å². The summed E-state index contributed by atoms with van der Waals surface area (Å²) in [6, 6.07) is 0. The summed E-state index contributed by atoms with van der Waals surface area (Å²) in [5, 5.41) is 79.8. The lowest BCUT2D eigenvalue weighted by Gasteiger charge is -2.43. The predicted molar refractivity (Wildman–Crippen MR) is 105 cm³/mol. The second-order valence-electron chi connectivity index (χ2n) is 7.36. The van der Waals surface area contributed by atoms with E-state index in [1.165, 1.54) is 27.7 Å². The van der Waals surface area contributed by atoms with E-state index in [-0.39, 0.29) is 30.8 Å². The number of thiocarbonyl (C=S) groups is 1. The van der Waals surface area contributed by atoms with E-state index in [1.54, 1.807) is 0 Å². The van der Waals surface area contributed by atoms with E-state index in [0.717, 1.165) is 9.80 Å². The third-order valence-electron chi connectivity index (χ3n) is 3.93. The molecule has 0 aromatic rings. The second-order valence-corrected chi connectivity index (χ2v) is 7.72. The summed E-state index contributed by atoms with van der Waals surface area (Å²) in [5.41, 5.74) is 0. The van der Waals surface area contributed by atoms with Gasteiger partial charge < -0.3 is 40.9 Å². The van der Waals surface area contributed by atoms with Crippen LogP contribution in [0.15, 0.2) is 0 Å². The molecule has 168 valence electrons. The first-order valence-corrected chi connectivity index (χ1v) is 9.73. The van der Waals surface area contributed by atoms with Crippen molar-refractivity contribution in [3.05, 3.63) is 0 Å². The number of hydrogen-bond acceptors (Lipinski definition) is 9. The van der Waals surface area contributed by atoms with Gasteiger partial charge in [0.15, 0.2) is 5.11 Å². The fourth-order valence-electron chi connectivity index (χ4n) is 2.72. The summed E-state index contributed by atoms with van der Waals surface area (Å²) in [6.07, 6.45) is -10.5. The van der Waals surface area contributed by atoms with Crippen LogP contribution in [0.2, 0.25) is 0 Å². The van der Waals surface area contributed by atoms with E-state index in [1.807, 2.05) is 0 Å².